The van der Waals surface area contributed by atoms with Crippen LogP contribution in [0.1, 0.15) is 32.4 Å². The number of carbonyl (C=O) groups is 2. The molecule has 0 aliphatic carbocycles. The van der Waals surface area contributed by atoms with E-state index in [1.807, 2.05) is 6.07 Å². The van der Waals surface area contributed by atoms with Crippen LogP contribution in [0, 0.1) is 5.92 Å². The van der Waals surface area contributed by atoms with E-state index in [0.29, 0.717) is 12.2 Å². The number of hydrogen-bond acceptors (Lipinski definition) is 4. The first-order valence-corrected chi connectivity index (χ1v) is 7.79. The van der Waals surface area contributed by atoms with Gasteiger partial charge >= 0.3 is 12.1 Å². The van der Waals surface area contributed by atoms with Crippen LogP contribution in [0.3, 0.4) is 0 Å². The Bertz CT molecular complexity index is 568. The quantitative estimate of drug-likeness (QED) is 0.865. The summed E-state index contributed by atoms with van der Waals surface area (Å²) in [7, 11) is 0. The molecular formula is C15H19BrN2O4. The van der Waals surface area contributed by atoms with Crippen LogP contribution in [0.5, 0.6) is 0 Å². The second-order valence-electron chi connectivity index (χ2n) is 6.34. The topological polar surface area (TPSA) is 79.7 Å². The lowest BCUT2D eigenvalue weighted by Gasteiger charge is -2.24. The average molecular weight is 371 g/mol. The second kappa shape index (κ2) is 6.24. The molecule has 2 rings (SSSR count). The number of hydrogen-bond donors (Lipinski definition) is 1. The van der Waals surface area contributed by atoms with Crippen molar-refractivity contribution in [2.45, 2.75) is 32.3 Å². The number of amides is 1. The fraction of sp³-hybridized carbons (Fsp3) is 0.533. The van der Waals surface area contributed by atoms with Gasteiger partial charge in [0, 0.05) is 35.4 Å². The van der Waals surface area contributed by atoms with Crippen LogP contribution < -0.4 is 0 Å². The van der Waals surface area contributed by atoms with Gasteiger partial charge in [-0.1, -0.05) is 0 Å². The molecule has 0 aromatic carbocycles. The highest BCUT2D eigenvalue weighted by atomic mass is 79.9. The van der Waals surface area contributed by atoms with Crippen molar-refractivity contribution >= 4 is 28.0 Å². The lowest BCUT2D eigenvalue weighted by Crippen LogP contribution is -2.35. The summed E-state index contributed by atoms with van der Waals surface area (Å²) >= 11 is 3.30. The molecular weight excluding hydrogens is 352 g/mol. The molecule has 2 heterocycles. The summed E-state index contributed by atoms with van der Waals surface area (Å²) in [6.07, 6.45) is 1.14. The van der Waals surface area contributed by atoms with Crippen LogP contribution >= 0.6 is 15.9 Å². The number of pyridine rings is 1. The predicted octanol–water partition coefficient (Wildman–Crippen LogP) is 2.88. The molecule has 2 atom stereocenters. The van der Waals surface area contributed by atoms with E-state index in [-0.39, 0.29) is 12.5 Å². The van der Waals surface area contributed by atoms with E-state index >= 15 is 0 Å². The first-order chi connectivity index (χ1) is 10.2. The molecule has 0 bridgehead atoms. The second-order valence-corrected chi connectivity index (χ2v) is 7.25. The number of aromatic nitrogens is 1. The molecule has 1 fully saturated rings. The molecule has 120 valence electrons. The van der Waals surface area contributed by atoms with Crippen molar-refractivity contribution in [1.29, 1.82) is 0 Å². The number of carboxylic acids is 1. The number of likely N-dealkylation sites (tertiary alicyclic amines) is 1. The van der Waals surface area contributed by atoms with Crippen molar-refractivity contribution in [1.82, 2.24) is 9.88 Å². The Morgan fingerprint density at radius 1 is 1.36 bits per heavy atom. The molecule has 1 N–H and O–H groups in total. The van der Waals surface area contributed by atoms with E-state index < -0.39 is 23.6 Å². The maximum absolute atomic E-state index is 12.1. The summed E-state index contributed by atoms with van der Waals surface area (Å²) in [5, 5.41) is 9.42. The maximum atomic E-state index is 12.1. The maximum Gasteiger partial charge on any atom is 0.410 e. The van der Waals surface area contributed by atoms with Gasteiger partial charge in [-0.2, -0.15) is 0 Å². The van der Waals surface area contributed by atoms with Gasteiger partial charge in [0.1, 0.15) is 5.60 Å². The Kier molecular flexibility index (Phi) is 4.75. The van der Waals surface area contributed by atoms with E-state index in [0.717, 1.165) is 4.47 Å². The fourth-order valence-electron chi connectivity index (χ4n) is 2.44. The molecule has 1 aliphatic heterocycles. The molecule has 2 unspecified atom stereocenters. The van der Waals surface area contributed by atoms with Crippen molar-refractivity contribution < 1.29 is 19.4 Å². The Labute approximate surface area is 137 Å². The molecule has 1 aliphatic rings. The SMILES string of the molecule is CC(C)(C)OC(=O)N1CC(C(=O)O)C(c2ccc(Br)cn2)C1. The van der Waals surface area contributed by atoms with Gasteiger partial charge in [0.2, 0.25) is 0 Å². The number of ether oxygens (including phenoxy) is 1. The molecule has 1 aromatic heterocycles. The fourth-order valence-corrected chi connectivity index (χ4v) is 2.67. The molecule has 7 heteroatoms. The minimum Gasteiger partial charge on any atom is -0.481 e. The first kappa shape index (κ1) is 16.7. The summed E-state index contributed by atoms with van der Waals surface area (Å²) in [6, 6.07) is 3.60. The Morgan fingerprint density at radius 2 is 2.05 bits per heavy atom. The van der Waals surface area contributed by atoms with E-state index in [1.165, 1.54) is 4.90 Å². The number of rotatable bonds is 2. The highest BCUT2D eigenvalue weighted by molar-refractivity contribution is 9.10. The minimum atomic E-state index is -0.930. The average Bonchev–Trinajstić information content (AvgIpc) is 2.83. The number of carboxylic acid groups (broad SMARTS) is 1. The van der Waals surface area contributed by atoms with Crippen molar-refractivity contribution in [3.05, 3.63) is 28.5 Å². The molecule has 1 saturated heterocycles. The van der Waals surface area contributed by atoms with Crippen LogP contribution in [0.2, 0.25) is 0 Å². The lowest BCUT2D eigenvalue weighted by molar-refractivity contribution is -0.141. The van der Waals surface area contributed by atoms with Crippen LogP contribution in [0.15, 0.2) is 22.8 Å². The van der Waals surface area contributed by atoms with Gasteiger partial charge in [0.15, 0.2) is 0 Å². The smallest absolute Gasteiger partial charge is 0.410 e. The van der Waals surface area contributed by atoms with Crippen molar-refractivity contribution in [3.63, 3.8) is 0 Å². The highest BCUT2D eigenvalue weighted by Crippen LogP contribution is 2.33. The summed E-state index contributed by atoms with van der Waals surface area (Å²) < 4.78 is 6.14. The monoisotopic (exact) mass is 370 g/mol. The third kappa shape index (κ3) is 3.97. The van der Waals surface area contributed by atoms with E-state index in [4.69, 9.17) is 4.74 Å². The zero-order valence-electron chi connectivity index (χ0n) is 12.7. The van der Waals surface area contributed by atoms with E-state index in [2.05, 4.69) is 20.9 Å². The zero-order chi connectivity index (χ0) is 16.5. The molecule has 1 aromatic rings. The van der Waals surface area contributed by atoms with Crippen molar-refractivity contribution in [3.8, 4) is 0 Å². The Hall–Kier alpha value is -1.63. The van der Waals surface area contributed by atoms with E-state index in [1.54, 1.807) is 33.0 Å². The van der Waals surface area contributed by atoms with Crippen molar-refractivity contribution in [2.24, 2.45) is 5.92 Å². The number of halogens is 1. The summed E-state index contributed by atoms with van der Waals surface area (Å²) in [6.45, 7) is 5.77. The molecule has 0 spiro atoms. The minimum absolute atomic E-state index is 0.132. The Morgan fingerprint density at radius 3 is 2.55 bits per heavy atom. The normalized spacial score (nSPS) is 21.7. The number of nitrogens with zero attached hydrogens (tertiary/aromatic N) is 2. The predicted molar refractivity (Wildman–Crippen MR) is 83.6 cm³/mol. The molecule has 22 heavy (non-hydrogen) atoms. The van der Waals surface area contributed by atoms with Crippen LogP contribution in [0.4, 0.5) is 4.79 Å². The van der Waals surface area contributed by atoms with Gasteiger partial charge in [0.25, 0.3) is 0 Å². The lowest BCUT2D eigenvalue weighted by atomic mass is 9.93. The van der Waals surface area contributed by atoms with Gasteiger partial charge in [-0.05, 0) is 48.8 Å². The standard InChI is InChI=1S/C15H19BrN2O4/c1-15(2,3)22-14(21)18-7-10(11(8-18)13(19)20)12-5-4-9(16)6-17-12/h4-6,10-11H,7-8H2,1-3H3,(H,19,20). The summed E-state index contributed by atoms with van der Waals surface area (Å²) in [4.78, 5) is 29.3. The van der Waals surface area contributed by atoms with Gasteiger partial charge in [-0.15, -0.1) is 0 Å². The molecule has 0 saturated carbocycles. The summed E-state index contributed by atoms with van der Waals surface area (Å²) in [5.41, 5.74) is 0.0608. The summed E-state index contributed by atoms with van der Waals surface area (Å²) in [5.74, 6) is -1.94. The van der Waals surface area contributed by atoms with Crippen molar-refractivity contribution in [2.75, 3.05) is 13.1 Å². The molecule has 1 amide bonds. The molecule has 0 radical (unpaired) electrons. The number of carbonyl (C=O) groups excluding carboxylic acids is 1. The van der Waals surface area contributed by atoms with E-state index in [9.17, 15) is 14.7 Å². The van der Waals surface area contributed by atoms with Crippen LogP contribution in [-0.2, 0) is 9.53 Å². The molecule has 6 nitrogen and oxygen atoms in total. The largest absolute Gasteiger partial charge is 0.481 e. The van der Waals surface area contributed by atoms with Gasteiger partial charge in [-0.25, -0.2) is 4.79 Å². The number of aliphatic carboxylic acids is 1. The van der Waals surface area contributed by atoms with Crippen LogP contribution in [-0.4, -0.2) is 45.7 Å². The highest BCUT2D eigenvalue weighted by Gasteiger charge is 2.42. The third-order valence-corrected chi connectivity index (χ3v) is 3.89. The van der Waals surface area contributed by atoms with Crippen LogP contribution in [0.25, 0.3) is 0 Å². The van der Waals surface area contributed by atoms with Gasteiger partial charge in [0.05, 0.1) is 5.92 Å². The van der Waals surface area contributed by atoms with Gasteiger partial charge in [-0.3, -0.25) is 9.78 Å². The van der Waals surface area contributed by atoms with Gasteiger partial charge < -0.3 is 14.7 Å². The third-order valence-electron chi connectivity index (χ3n) is 3.42. The zero-order valence-corrected chi connectivity index (χ0v) is 14.3. The Balaban J connectivity index is 2.18. The first-order valence-electron chi connectivity index (χ1n) is 6.99.